The number of nitrogen functional groups attached to an aromatic ring is 2. The molecule has 0 aliphatic carbocycles. The van der Waals surface area contributed by atoms with Crippen LogP contribution in [0.5, 0.6) is 0 Å². The summed E-state index contributed by atoms with van der Waals surface area (Å²) >= 11 is 0. The third kappa shape index (κ3) is 5.08. The fraction of sp³-hybridized carbons (Fsp3) is 0.500. The minimum absolute atomic E-state index is 0.109. The molecule has 0 spiro atoms. The molecule has 4 nitrogen and oxygen atoms in total. The van der Waals surface area contributed by atoms with E-state index in [9.17, 15) is 4.79 Å². The van der Waals surface area contributed by atoms with E-state index in [-0.39, 0.29) is 5.97 Å². The topological polar surface area (TPSA) is 78.3 Å². The van der Waals surface area contributed by atoms with Crippen LogP contribution in [0, 0.1) is 0 Å². The van der Waals surface area contributed by atoms with Crippen molar-refractivity contribution in [2.45, 2.75) is 39.0 Å². The molecule has 0 aromatic heterocycles. The Balaban J connectivity index is 2.23. The third-order valence-electron chi connectivity index (χ3n) is 2.76. The van der Waals surface area contributed by atoms with Gasteiger partial charge in [-0.3, -0.25) is 4.79 Å². The lowest BCUT2D eigenvalue weighted by Crippen LogP contribution is -2.06. The van der Waals surface area contributed by atoms with Gasteiger partial charge in [-0.1, -0.05) is 19.4 Å². The molecule has 1 aromatic carbocycles. The molecule has 1 aromatic rings. The van der Waals surface area contributed by atoms with Crippen molar-refractivity contribution < 1.29 is 9.53 Å². The van der Waals surface area contributed by atoms with Crippen molar-refractivity contribution in [1.82, 2.24) is 0 Å². The molecule has 0 aliphatic rings. The minimum atomic E-state index is -0.109. The smallest absolute Gasteiger partial charge is 0.305 e. The van der Waals surface area contributed by atoms with Gasteiger partial charge in [0.1, 0.15) is 0 Å². The lowest BCUT2D eigenvalue weighted by atomic mass is 10.1. The van der Waals surface area contributed by atoms with Crippen molar-refractivity contribution in [3.05, 3.63) is 23.8 Å². The Labute approximate surface area is 108 Å². The van der Waals surface area contributed by atoms with E-state index in [0.717, 1.165) is 31.2 Å². The van der Waals surface area contributed by atoms with Gasteiger partial charge in [-0.05, 0) is 37.0 Å². The first kappa shape index (κ1) is 14.4. The Morgan fingerprint density at radius 2 is 2.06 bits per heavy atom. The number of unbranched alkanes of at least 4 members (excludes halogenated alkanes) is 1. The van der Waals surface area contributed by atoms with Gasteiger partial charge in [0.2, 0.25) is 0 Å². The highest BCUT2D eigenvalue weighted by Gasteiger charge is 2.03. The second-order valence-corrected chi connectivity index (χ2v) is 4.39. The molecule has 0 amide bonds. The van der Waals surface area contributed by atoms with Crippen molar-refractivity contribution >= 4 is 17.3 Å². The fourth-order valence-electron chi connectivity index (χ4n) is 1.68. The summed E-state index contributed by atoms with van der Waals surface area (Å²) in [5, 5.41) is 0. The van der Waals surface area contributed by atoms with Crippen molar-refractivity contribution in [3.8, 4) is 0 Å². The van der Waals surface area contributed by atoms with E-state index in [1.54, 1.807) is 6.07 Å². The molecule has 1 rings (SSSR count). The predicted octanol–water partition coefficient (Wildman–Crippen LogP) is 2.52. The third-order valence-corrected chi connectivity index (χ3v) is 2.76. The zero-order valence-electron chi connectivity index (χ0n) is 10.9. The SMILES string of the molecule is CCCCC(=O)OCCCc1ccc(N)cc1N. The van der Waals surface area contributed by atoms with Gasteiger partial charge in [0, 0.05) is 17.8 Å². The van der Waals surface area contributed by atoms with Gasteiger partial charge in [-0.25, -0.2) is 0 Å². The van der Waals surface area contributed by atoms with E-state index in [1.165, 1.54) is 0 Å². The van der Waals surface area contributed by atoms with Gasteiger partial charge in [0.25, 0.3) is 0 Å². The molecule has 0 unspecified atom stereocenters. The predicted molar refractivity (Wildman–Crippen MR) is 74.1 cm³/mol. The Kier molecular flexibility index (Phi) is 6.05. The molecule has 0 aliphatic heterocycles. The summed E-state index contributed by atoms with van der Waals surface area (Å²) in [6.45, 7) is 2.50. The fourth-order valence-corrected chi connectivity index (χ4v) is 1.68. The summed E-state index contributed by atoms with van der Waals surface area (Å²) in [7, 11) is 0. The average molecular weight is 250 g/mol. The van der Waals surface area contributed by atoms with Crippen LogP contribution in [0.1, 0.15) is 38.2 Å². The number of benzene rings is 1. The highest BCUT2D eigenvalue weighted by Crippen LogP contribution is 2.17. The molecular formula is C14H22N2O2. The van der Waals surface area contributed by atoms with Crippen LogP contribution in [0.3, 0.4) is 0 Å². The van der Waals surface area contributed by atoms with Gasteiger partial charge in [0.15, 0.2) is 0 Å². The normalized spacial score (nSPS) is 10.3. The van der Waals surface area contributed by atoms with Crippen LogP contribution in [0.15, 0.2) is 18.2 Å². The molecule has 0 saturated carbocycles. The number of esters is 1. The number of hydrogen-bond acceptors (Lipinski definition) is 4. The van der Waals surface area contributed by atoms with Crippen LogP contribution >= 0.6 is 0 Å². The van der Waals surface area contributed by atoms with Gasteiger partial charge >= 0.3 is 5.97 Å². The summed E-state index contributed by atoms with van der Waals surface area (Å²) in [4.78, 5) is 11.3. The van der Waals surface area contributed by atoms with Crippen LogP contribution in [0.25, 0.3) is 0 Å². The number of rotatable bonds is 7. The number of anilines is 2. The Hall–Kier alpha value is -1.71. The molecule has 0 radical (unpaired) electrons. The molecular weight excluding hydrogens is 228 g/mol. The first-order valence-electron chi connectivity index (χ1n) is 6.43. The molecule has 100 valence electrons. The summed E-state index contributed by atoms with van der Waals surface area (Å²) in [5.41, 5.74) is 13.9. The number of aryl methyl sites for hydroxylation is 1. The summed E-state index contributed by atoms with van der Waals surface area (Å²) in [6, 6.07) is 5.51. The summed E-state index contributed by atoms with van der Waals surface area (Å²) in [5.74, 6) is -0.109. The molecule has 0 fully saturated rings. The monoisotopic (exact) mass is 250 g/mol. The van der Waals surface area contributed by atoms with E-state index < -0.39 is 0 Å². The van der Waals surface area contributed by atoms with Crippen LogP contribution in [-0.2, 0) is 16.0 Å². The van der Waals surface area contributed by atoms with Crippen LogP contribution < -0.4 is 11.5 Å². The second kappa shape index (κ2) is 7.58. The van der Waals surface area contributed by atoms with Crippen molar-refractivity contribution in [3.63, 3.8) is 0 Å². The van der Waals surface area contributed by atoms with Crippen molar-refractivity contribution in [2.24, 2.45) is 0 Å². The number of nitrogens with two attached hydrogens (primary N) is 2. The molecule has 0 heterocycles. The van der Waals surface area contributed by atoms with E-state index in [0.29, 0.717) is 24.4 Å². The Morgan fingerprint density at radius 3 is 2.72 bits per heavy atom. The van der Waals surface area contributed by atoms with E-state index in [2.05, 4.69) is 6.92 Å². The maximum Gasteiger partial charge on any atom is 0.305 e. The zero-order valence-corrected chi connectivity index (χ0v) is 10.9. The molecule has 4 heteroatoms. The van der Waals surface area contributed by atoms with Crippen LogP contribution in [0.2, 0.25) is 0 Å². The largest absolute Gasteiger partial charge is 0.466 e. The maximum absolute atomic E-state index is 11.3. The number of hydrogen-bond donors (Lipinski definition) is 2. The first-order chi connectivity index (χ1) is 8.63. The van der Waals surface area contributed by atoms with Crippen LogP contribution in [0.4, 0.5) is 11.4 Å². The molecule has 0 bridgehead atoms. The van der Waals surface area contributed by atoms with E-state index in [1.807, 2.05) is 12.1 Å². The average Bonchev–Trinajstić information content (AvgIpc) is 2.34. The summed E-state index contributed by atoms with van der Waals surface area (Å²) < 4.78 is 5.12. The van der Waals surface area contributed by atoms with Crippen LogP contribution in [-0.4, -0.2) is 12.6 Å². The minimum Gasteiger partial charge on any atom is -0.466 e. The molecule has 0 atom stereocenters. The highest BCUT2D eigenvalue weighted by molar-refractivity contribution is 5.69. The Bertz CT molecular complexity index is 391. The standard InChI is InChI=1S/C14H22N2O2/c1-2-3-6-14(17)18-9-4-5-11-7-8-12(15)10-13(11)16/h7-8,10H,2-6,9,15-16H2,1H3. The molecule has 4 N–H and O–H groups in total. The second-order valence-electron chi connectivity index (χ2n) is 4.39. The van der Waals surface area contributed by atoms with E-state index in [4.69, 9.17) is 16.2 Å². The van der Waals surface area contributed by atoms with Gasteiger partial charge < -0.3 is 16.2 Å². The molecule has 18 heavy (non-hydrogen) atoms. The van der Waals surface area contributed by atoms with Gasteiger partial charge in [0.05, 0.1) is 6.61 Å². The maximum atomic E-state index is 11.3. The lowest BCUT2D eigenvalue weighted by molar-refractivity contribution is -0.143. The number of carbonyl (C=O) groups is 1. The number of carbonyl (C=O) groups excluding carboxylic acids is 1. The highest BCUT2D eigenvalue weighted by atomic mass is 16.5. The number of ether oxygens (including phenoxy) is 1. The van der Waals surface area contributed by atoms with Gasteiger partial charge in [-0.15, -0.1) is 0 Å². The summed E-state index contributed by atoms with van der Waals surface area (Å²) in [6.07, 6.45) is 4.00. The van der Waals surface area contributed by atoms with Crippen molar-refractivity contribution in [1.29, 1.82) is 0 Å². The zero-order chi connectivity index (χ0) is 13.4. The molecule has 0 saturated heterocycles. The first-order valence-corrected chi connectivity index (χ1v) is 6.43. The van der Waals surface area contributed by atoms with E-state index >= 15 is 0 Å². The quantitative estimate of drug-likeness (QED) is 0.443. The van der Waals surface area contributed by atoms with Crippen molar-refractivity contribution in [2.75, 3.05) is 18.1 Å². The Morgan fingerprint density at radius 1 is 1.28 bits per heavy atom. The van der Waals surface area contributed by atoms with Gasteiger partial charge in [-0.2, -0.15) is 0 Å². The lowest BCUT2D eigenvalue weighted by Gasteiger charge is -2.07.